The van der Waals surface area contributed by atoms with Gasteiger partial charge < -0.3 is 10.1 Å². The van der Waals surface area contributed by atoms with E-state index in [-0.39, 0.29) is 0 Å². The summed E-state index contributed by atoms with van der Waals surface area (Å²) in [7, 11) is 0. The second-order valence-corrected chi connectivity index (χ2v) is 4.29. The van der Waals surface area contributed by atoms with Gasteiger partial charge in [-0.2, -0.15) is 8.75 Å². The summed E-state index contributed by atoms with van der Waals surface area (Å²) in [4.78, 5) is 0. The van der Waals surface area contributed by atoms with Gasteiger partial charge in [0.25, 0.3) is 0 Å². The summed E-state index contributed by atoms with van der Waals surface area (Å²) >= 11 is 6.92. The van der Waals surface area contributed by atoms with Crippen LogP contribution in [0.5, 0.6) is 5.75 Å². The lowest BCUT2D eigenvalue weighted by molar-refractivity contribution is 0.317. The van der Waals surface area contributed by atoms with E-state index in [1.54, 1.807) is 0 Å². The number of hydrogen-bond acceptors (Lipinski definition) is 5. The van der Waals surface area contributed by atoms with Gasteiger partial charge in [-0.15, -0.1) is 0 Å². The first kappa shape index (κ1) is 12.1. The van der Waals surface area contributed by atoms with Crippen molar-refractivity contribution in [3.8, 4) is 5.75 Å². The Hall–Kier alpha value is -1.33. The summed E-state index contributed by atoms with van der Waals surface area (Å²) in [5.41, 5.74) is 0.906. The number of anilines is 2. The molecule has 90 valence electrons. The monoisotopic (exact) mass is 269 g/mol. The number of ether oxygens (including phenoxy) is 1. The van der Waals surface area contributed by atoms with Crippen LogP contribution >= 0.6 is 23.3 Å². The van der Waals surface area contributed by atoms with Gasteiger partial charge in [0.15, 0.2) is 11.0 Å². The number of benzene rings is 1. The highest BCUT2D eigenvalue weighted by Gasteiger charge is 2.04. The van der Waals surface area contributed by atoms with E-state index in [9.17, 15) is 0 Å². The van der Waals surface area contributed by atoms with Crippen LogP contribution in [0, 0.1) is 0 Å². The van der Waals surface area contributed by atoms with Gasteiger partial charge in [-0.1, -0.05) is 18.5 Å². The molecule has 0 aliphatic heterocycles. The van der Waals surface area contributed by atoms with Crippen LogP contribution in [-0.4, -0.2) is 15.4 Å². The van der Waals surface area contributed by atoms with E-state index in [2.05, 4.69) is 21.0 Å². The van der Waals surface area contributed by atoms with E-state index in [1.165, 1.54) is 0 Å². The third-order valence-electron chi connectivity index (χ3n) is 2.04. The third-order valence-corrected chi connectivity index (χ3v) is 2.93. The van der Waals surface area contributed by atoms with Crippen LogP contribution in [0.2, 0.25) is 5.15 Å². The maximum absolute atomic E-state index is 5.84. The molecule has 0 aliphatic carbocycles. The molecule has 17 heavy (non-hydrogen) atoms. The summed E-state index contributed by atoms with van der Waals surface area (Å²) in [6.07, 6.45) is 1.00. The average molecular weight is 270 g/mol. The lowest BCUT2D eigenvalue weighted by atomic mass is 10.3. The molecule has 1 heterocycles. The fourth-order valence-electron chi connectivity index (χ4n) is 1.24. The predicted octanol–water partition coefficient (Wildman–Crippen LogP) is 3.72. The molecular formula is C11H12ClN3OS. The molecule has 4 nitrogen and oxygen atoms in total. The first-order valence-electron chi connectivity index (χ1n) is 5.27. The Labute approximate surface area is 109 Å². The highest BCUT2D eigenvalue weighted by atomic mass is 35.5. The number of nitrogens with one attached hydrogen (secondary N) is 1. The van der Waals surface area contributed by atoms with E-state index in [0.717, 1.165) is 36.2 Å². The standard InChI is InChI=1S/C11H12ClN3OS/c1-2-7-16-9-5-3-8(4-6-9)13-11-10(12)14-17-15-11/h3-6H,2,7H2,1H3,(H,13,15). The molecule has 0 amide bonds. The molecule has 0 spiro atoms. The van der Waals surface area contributed by atoms with Gasteiger partial charge in [-0.3, -0.25) is 0 Å². The average Bonchev–Trinajstić information content (AvgIpc) is 2.74. The van der Waals surface area contributed by atoms with Crippen molar-refractivity contribution in [2.75, 3.05) is 11.9 Å². The molecule has 0 atom stereocenters. The molecule has 0 bridgehead atoms. The van der Waals surface area contributed by atoms with Crippen molar-refractivity contribution in [3.05, 3.63) is 29.4 Å². The summed E-state index contributed by atoms with van der Waals surface area (Å²) < 4.78 is 13.4. The molecule has 1 aromatic carbocycles. The predicted molar refractivity (Wildman–Crippen MR) is 70.4 cm³/mol. The number of halogens is 1. The molecule has 0 saturated heterocycles. The molecule has 0 unspecified atom stereocenters. The SMILES string of the molecule is CCCOc1ccc(Nc2nsnc2Cl)cc1. The largest absolute Gasteiger partial charge is 0.494 e. The fourth-order valence-corrected chi connectivity index (χ4v) is 1.89. The molecule has 0 radical (unpaired) electrons. The van der Waals surface area contributed by atoms with Crippen LogP contribution in [0.1, 0.15) is 13.3 Å². The lowest BCUT2D eigenvalue weighted by Gasteiger charge is -2.06. The quantitative estimate of drug-likeness (QED) is 0.899. The van der Waals surface area contributed by atoms with Gasteiger partial charge >= 0.3 is 0 Å². The summed E-state index contributed by atoms with van der Waals surface area (Å²) in [5, 5.41) is 3.47. The number of nitrogens with zero attached hydrogens (tertiary/aromatic N) is 2. The van der Waals surface area contributed by atoms with Crippen molar-refractivity contribution in [1.29, 1.82) is 0 Å². The Bertz CT molecular complexity index is 472. The maximum atomic E-state index is 5.84. The molecule has 0 saturated carbocycles. The molecule has 2 rings (SSSR count). The topological polar surface area (TPSA) is 47.0 Å². The van der Waals surface area contributed by atoms with Crippen molar-refractivity contribution in [1.82, 2.24) is 8.75 Å². The summed E-state index contributed by atoms with van der Waals surface area (Å²) in [5.74, 6) is 1.44. The molecule has 0 aliphatic rings. The van der Waals surface area contributed by atoms with Crippen LogP contribution in [0.25, 0.3) is 0 Å². The van der Waals surface area contributed by atoms with Gasteiger partial charge in [-0.25, -0.2) is 0 Å². The van der Waals surface area contributed by atoms with Gasteiger partial charge in [0.2, 0.25) is 0 Å². The number of hydrogen-bond donors (Lipinski definition) is 1. The Kier molecular flexibility index (Phi) is 4.17. The van der Waals surface area contributed by atoms with Crippen molar-refractivity contribution >= 4 is 34.8 Å². The van der Waals surface area contributed by atoms with Crippen LogP contribution < -0.4 is 10.1 Å². The maximum Gasteiger partial charge on any atom is 0.187 e. The zero-order chi connectivity index (χ0) is 12.1. The zero-order valence-corrected chi connectivity index (χ0v) is 10.9. The second-order valence-electron chi connectivity index (χ2n) is 3.40. The smallest absolute Gasteiger partial charge is 0.187 e. The molecule has 6 heteroatoms. The third kappa shape index (κ3) is 3.31. The van der Waals surface area contributed by atoms with Gasteiger partial charge in [-0.05, 0) is 30.7 Å². The lowest BCUT2D eigenvalue weighted by Crippen LogP contribution is -1.95. The minimum absolute atomic E-state index is 0.390. The van der Waals surface area contributed by atoms with E-state index in [0.29, 0.717) is 11.0 Å². The highest BCUT2D eigenvalue weighted by Crippen LogP contribution is 2.24. The normalized spacial score (nSPS) is 10.2. The van der Waals surface area contributed by atoms with E-state index in [1.807, 2.05) is 24.3 Å². The van der Waals surface area contributed by atoms with Crippen LogP contribution in [0.15, 0.2) is 24.3 Å². The van der Waals surface area contributed by atoms with Crippen LogP contribution in [-0.2, 0) is 0 Å². The van der Waals surface area contributed by atoms with Crippen molar-refractivity contribution in [3.63, 3.8) is 0 Å². The van der Waals surface area contributed by atoms with Gasteiger partial charge in [0.1, 0.15) is 5.75 Å². The number of aromatic nitrogens is 2. The molecule has 2 aromatic rings. The van der Waals surface area contributed by atoms with E-state index >= 15 is 0 Å². The van der Waals surface area contributed by atoms with Crippen molar-refractivity contribution in [2.24, 2.45) is 0 Å². The Morgan fingerprint density at radius 2 is 2.06 bits per heavy atom. The summed E-state index contributed by atoms with van der Waals surface area (Å²) in [6.45, 7) is 2.81. The van der Waals surface area contributed by atoms with Crippen molar-refractivity contribution < 1.29 is 4.74 Å². The Balaban J connectivity index is 2.01. The second kappa shape index (κ2) is 5.84. The molecular weight excluding hydrogens is 258 g/mol. The summed E-state index contributed by atoms with van der Waals surface area (Å²) in [6, 6.07) is 7.65. The molecule has 1 N–H and O–H groups in total. The van der Waals surface area contributed by atoms with Crippen LogP contribution in [0.4, 0.5) is 11.5 Å². The molecule has 0 fully saturated rings. The highest BCUT2D eigenvalue weighted by molar-refractivity contribution is 6.99. The molecule has 1 aromatic heterocycles. The van der Waals surface area contributed by atoms with Crippen molar-refractivity contribution in [2.45, 2.75) is 13.3 Å². The van der Waals surface area contributed by atoms with Gasteiger partial charge in [0, 0.05) is 5.69 Å². The Morgan fingerprint density at radius 1 is 1.29 bits per heavy atom. The minimum Gasteiger partial charge on any atom is -0.494 e. The van der Waals surface area contributed by atoms with E-state index in [4.69, 9.17) is 16.3 Å². The Morgan fingerprint density at radius 3 is 2.65 bits per heavy atom. The van der Waals surface area contributed by atoms with E-state index < -0.39 is 0 Å². The van der Waals surface area contributed by atoms with Gasteiger partial charge in [0.05, 0.1) is 18.3 Å². The fraction of sp³-hybridized carbons (Fsp3) is 0.273. The minimum atomic E-state index is 0.390. The zero-order valence-electron chi connectivity index (χ0n) is 9.31. The first-order valence-corrected chi connectivity index (χ1v) is 6.38. The first-order chi connectivity index (χ1) is 8.29. The van der Waals surface area contributed by atoms with Crippen LogP contribution in [0.3, 0.4) is 0 Å². The number of rotatable bonds is 5.